The molecule has 0 saturated carbocycles. The van der Waals surface area contributed by atoms with Gasteiger partial charge in [0.15, 0.2) is 6.23 Å². The second-order valence-electron chi connectivity index (χ2n) is 11.6. The number of hydrogen-bond acceptors (Lipinski definition) is 11. The molecule has 258 valence electrons. The van der Waals surface area contributed by atoms with Gasteiger partial charge >= 0.3 is 12.1 Å². The van der Waals surface area contributed by atoms with Gasteiger partial charge in [0, 0.05) is 50.5 Å². The van der Waals surface area contributed by atoms with Crippen molar-refractivity contribution in [3.05, 3.63) is 84.1 Å². The minimum absolute atomic E-state index is 0.206. The van der Waals surface area contributed by atoms with Crippen molar-refractivity contribution in [2.75, 3.05) is 44.1 Å². The highest BCUT2D eigenvalue weighted by molar-refractivity contribution is 5.98. The van der Waals surface area contributed by atoms with E-state index in [1.165, 1.54) is 25.4 Å². The average molecular weight is 670 g/mol. The van der Waals surface area contributed by atoms with Crippen LogP contribution in [0.4, 0.5) is 27.9 Å². The monoisotopic (exact) mass is 669 g/mol. The zero-order valence-corrected chi connectivity index (χ0v) is 28.6. The molecule has 1 aromatic heterocycles. The van der Waals surface area contributed by atoms with Crippen molar-refractivity contribution in [3.63, 3.8) is 0 Å². The number of nitrogens with zero attached hydrogens (tertiary/aromatic N) is 4. The summed E-state index contributed by atoms with van der Waals surface area (Å²) in [5.74, 6) is 2.32. The van der Waals surface area contributed by atoms with Gasteiger partial charge in [0.2, 0.25) is 5.95 Å². The fraction of sp³-hybridized carbons (Fsp3) is 0.351. The number of para-hydroxylation sites is 1. The van der Waals surface area contributed by atoms with Crippen molar-refractivity contribution < 1.29 is 33.3 Å². The lowest BCUT2D eigenvalue weighted by Gasteiger charge is -2.34. The summed E-state index contributed by atoms with van der Waals surface area (Å²) in [6.45, 7) is 7.35. The maximum absolute atomic E-state index is 13.9. The number of aryl methyl sites for hydroxylation is 2. The molecule has 4 aromatic rings. The summed E-state index contributed by atoms with van der Waals surface area (Å²) in [6, 6.07) is 19.9. The number of esters is 1. The number of aromatic nitrogens is 2. The summed E-state index contributed by atoms with van der Waals surface area (Å²) in [4.78, 5) is 38.0. The minimum atomic E-state index is -0.677. The predicted molar refractivity (Wildman–Crippen MR) is 186 cm³/mol. The Balaban J connectivity index is 1.37. The maximum atomic E-state index is 13.9. The largest absolute Gasteiger partial charge is 0.497 e. The normalized spacial score (nSPS) is 13.6. The Bertz CT molecular complexity index is 1710. The Morgan fingerprint density at radius 1 is 0.918 bits per heavy atom. The lowest BCUT2D eigenvalue weighted by Crippen LogP contribution is -2.43. The van der Waals surface area contributed by atoms with E-state index in [2.05, 4.69) is 20.2 Å². The zero-order chi connectivity index (χ0) is 34.8. The second kappa shape index (κ2) is 16.6. The first-order valence-electron chi connectivity index (χ1n) is 16.3. The van der Waals surface area contributed by atoms with Gasteiger partial charge in [-0.3, -0.25) is 9.69 Å². The third kappa shape index (κ3) is 9.17. The molecule has 0 aliphatic carbocycles. The molecule has 12 heteroatoms. The Hall–Kier alpha value is -5.36. The van der Waals surface area contributed by atoms with E-state index in [-0.39, 0.29) is 24.0 Å². The molecule has 1 amide bonds. The Labute approximate surface area is 286 Å². The van der Waals surface area contributed by atoms with Crippen molar-refractivity contribution >= 4 is 35.2 Å². The van der Waals surface area contributed by atoms with Crippen LogP contribution in [0, 0.1) is 13.8 Å². The molecular formula is C37H43N5O7. The smallest absolute Gasteiger partial charge is 0.425 e. The van der Waals surface area contributed by atoms with Crippen LogP contribution in [0.15, 0.2) is 72.9 Å². The summed E-state index contributed by atoms with van der Waals surface area (Å²) in [7, 11) is 3.07. The number of amides is 1. The van der Waals surface area contributed by atoms with Crippen LogP contribution in [0.1, 0.15) is 43.7 Å². The van der Waals surface area contributed by atoms with E-state index in [0.717, 1.165) is 37.1 Å². The van der Waals surface area contributed by atoms with Crippen LogP contribution in [0.5, 0.6) is 23.0 Å². The van der Waals surface area contributed by atoms with Crippen LogP contribution in [0.2, 0.25) is 0 Å². The van der Waals surface area contributed by atoms with Gasteiger partial charge in [-0.25, -0.2) is 14.7 Å². The standard InChI is InChI=1S/C37H43N5O7/c1-25-10-9-11-26(2)35(25)49-37(44)42(31-17-16-30(45-4)24-32(31)46-5)33-18-20-38-36(40-33)39-28-12-14-29(15-13-28)48-34(19-23-47-27(3)43)41-21-7-6-8-22-41/h9-18,20,24,34H,6-8,19,21-23H2,1-5H3,(H,38,39,40). The number of carbonyl (C=O) groups is 2. The molecule has 1 unspecified atom stereocenters. The first kappa shape index (κ1) is 35.0. The molecule has 1 aliphatic heterocycles. The number of ether oxygens (including phenoxy) is 5. The number of nitrogens with one attached hydrogen (secondary N) is 1. The highest BCUT2D eigenvalue weighted by Gasteiger charge is 2.27. The quantitative estimate of drug-likeness (QED) is 0.144. The number of hydrogen-bond donors (Lipinski definition) is 1. The van der Waals surface area contributed by atoms with Crippen LogP contribution < -0.4 is 29.2 Å². The molecule has 0 bridgehead atoms. The van der Waals surface area contributed by atoms with E-state index < -0.39 is 6.09 Å². The van der Waals surface area contributed by atoms with Crippen molar-refractivity contribution in [3.8, 4) is 23.0 Å². The average Bonchev–Trinajstić information content (AvgIpc) is 3.11. The van der Waals surface area contributed by atoms with Gasteiger partial charge in [0.05, 0.1) is 26.5 Å². The van der Waals surface area contributed by atoms with E-state index >= 15 is 0 Å². The predicted octanol–water partition coefficient (Wildman–Crippen LogP) is 7.34. The lowest BCUT2D eigenvalue weighted by atomic mass is 10.1. The van der Waals surface area contributed by atoms with E-state index in [9.17, 15) is 9.59 Å². The molecule has 1 saturated heterocycles. The van der Waals surface area contributed by atoms with Gasteiger partial charge in [-0.15, -0.1) is 0 Å². The van der Waals surface area contributed by atoms with E-state index in [1.807, 2.05) is 56.3 Å². The van der Waals surface area contributed by atoms with Gasteiger partial charge in [-0.1, -0.05) is 24.6 Å². The molecule has 5 rings (SSSR count). The van der Waals surface area contributed by atoms with Crippen molar-refractivity contribution in [2.24, 2.45) is 0 Å². The van der Waals surface area contributed by atoms with Crippen LogP contribution in [0.3, 0.4) is 0 Å². The summed E-state index contributed by atoms with van der Waals surface area (Å²) < 4.78 is 28.6. The Morgan fingerprint density at radius 3 is 2.31 bits per heavy atom. The molecule has 12 nitrogen and oxygen atoms in total. The lowest BCUT2D eigenvalue weighted by molar-refractivity contribution is -0.142. The van der Waals surface area contributed by atoms with Gasteiger partial charge in [-0.2, -0.15) is 4.98 Å². The SMILES string of the molecule is COc1ccc(N(C(=O)Oc2c(C)cccc2C)c2ccnc(Nc3ccc(OC(CCOC(C)=O)N4CCCCC4)cc3)n2)c(OC)c1. The summed E-state index contributed by atoms with van der Waals surface area (Å²) in [5.41, 5.74) is 2.76. The molecule has 3 aromatic carbocycles. The molecule has 1 N–H and O–H groups in total. The molecule has 1 aliphatic rings. The summed E-state index contributed by atoms with van der Waals surface area (Å²) in [6.07, 6.45) is 4.68. The fourth-order valence-corrected chi connectivity index (χ4v) is 5.64. The number of benzene rings is 3. The van der Waals surface area contributed by atoms with Crippen molar-refractivity contribution in [1.82, 2.24) is 14.9 Å². The Kier molecular flexibility index (Phi) is 11.9. The summed E-state index contributed by atoms with van der Waals surface area (Å²) >= 11 is 0. The molecule has 0 spiro atoms. The molecule has 2 heterocycles. The van der Waals surface area contributed by atoms with Crippen molar-refractivity contribution in [2.45, 2.75) is 52.7 Å². The van der Waals surface area contributed by atoms with Gasteiger partial charge in [-0.05, 0) is 74.2 Å². The summed E-state index contributed by atoms with van der Waals surface area (Å²) in [5, 5.41) is 3.22. The third-order valence-corrected chi connectivity index (χ3v) is 8.13. The molecule has 1 fully saturated rings. The van der Waals surface area contributed by atoms with Gasteiger partial charge in [0.1, 0.15) is 28.8 Å². The number of anilines is 4. The minimum Gasteiger partial charge on any atom is -0.497 e. The number of methoxy groups -OCH3 is 2. The van der Waals surface area contributed by atoms with E-state index in [1.54, 1.807) is 37.6 Å². The molecule has 49 heavy (non-hydrogen) atoms. The van der Waals surface area contributed by atoms with E-state index in [0.29, 0.717) is 47.4 Å². The first-order valence-corrected chi connectivity index (χ1v) is 16.3. The topological polar surface area (TPSA) is 125 Å². The number of likely N-dealkylation sites (tertiary alicyclic amines) is 1. The number of rotatable bonds is 13. The van der Waals surface area contributed by atoms with Crippen molar-refractivity contribution in [1.29, 1.82) is 0 Å². The molecular weight excluding hydrogens is 626 g/mol. The van der Waals surface area contributed by atoms with Crippen LogP contribution in [-0.2, 0) is 9.53 Å². The maximum Gasteiger partial charge on any atom is 0.425 e. The second-order valence-corrected chi connectivity index (χ2v) is 11.6. The Morgan fingerprint density at radius 2 is 1.63 bits per heavy atom. The number of piperidine rings is 1. The van der Waals surface area contributed by atoms with Gasteiger partial charge < -0.3 is 29.0 Å². The zero-order valence-electron chi connectivity index (χ0n) is 28.6. The first-order chi connectivity index (χ1) is 23.7. The third-order valence-electron chi connectivity index (χ3n) is 8.13. The van der Waals surface area contributed by atoms with E-state index in [4.69, 9.17) is 23.7 Å². The van der Waals surface area contributed by atoms with Gasteiger partial charge in [0.25, 0.3) is 0 Å². The van der Waals surface area contributed by atoms with Crippen LogP contribution in [-0.4, -0.2) is 67.1 Å². The van der Waals surface area contributed by atoms with Crippen LogP contribution >= 0.6 is 0 Å². The van der Waals surface area contributed by atoms with Crippen LogP contribution in [0.25, 0.3) is 0 Å². The molecule has 1 atom stereocenters. The molecule has 0 radical (unpaired) electrons. The highest BCUT2D eigenvalue weighted by Crippen LogP contribution is 2.37. The fourth-order valence-electron chi connectivity index (χ4n) is 5.64. The number of carbonyl (C=O) groups excluding carboxylic acids is 2. The highest BCUT2D eigenvalue weighted by atomic mass is 16.6.